The Morgan fingerprint density at radius 2 is 2.20 bits per heavy atom. The molecule has 4 nitrogen and oxygen atoms in total. The number of aliphatic hydroxyl groups is 1. The van der Waals surface area contributed by atoms with E-state index >= 15 is 0 Å². The van der Waals surface area contributed by atoms with E-state index in [2.05, 4.69) is 34.6 Å². The first-order valence-electron chi connectivity index (χ1n) is 7.41. The first kappa shape index (κ1) is 13.6. The average Bonchev–Trinajstić information content (AvgIpc) is 2.72. The van der Waals surface area contributed by atoms with Crippen LogP contribution in [0.4, 0.5) is 0 Å². The van der Waals surface area contributed by atoms with Gasteiger partial charge in [0.15, 0.2) is 0 Å². The highest BCUT2D eigenvalue weighted by Crippen LogP contribution is 2.22. The minimum absolute atomic E-state index is 0.496. The summed E-state index contributed by atoms with van der Waals surface area (Å²) in [6, 6.07) is 4.15. The van der Waals surface area contributed by atoms with Crippen molar-refractivity contribution in [2.24, 2.45) is 0 Å². The van der Waals surface area contributed by atoms with Crippen LogP contribution in [0.1, 0.15) is 37.4 Å². The van der Waals surface area contributed by atoms with Crippen LogP contribution in [-0.2, 0) is 6.54 Å². The SMILES string of the molecule is Cc1cccn2cc(CN3CCCC(C)(O)CC3)nc12. The highest BCUT2D eigenvalue weighted by molar-refractivity contribution is 5.47. The summed E-state index contributed by atoms with van der Waals surface area (Å²) in [5.41, 5.74) is 2.87. The van der Waals surface area contributed by atoms with Crippen molar-refractivity contribution >= 4 is 5.65 Å². The quantitative estimate of drug-likeness (QED) is 0.913. The van der Waals surface area contributed by atoms with Crippen molar-refractivity contribution in [3.63, 3.8) is 0 Å². The maximum atomic E-state index is 10.1. The summed E-state index contributed by atoms with van der Waals surface area (Å²) in [4.78, 5) is 7.13. The van der Waals surface area contributed by atoms with Crippen LogP contribution >= 0.6 is 0 Å². The van der Waals surface area contributed by atoms with Gasteiger partial charge in [-0.2, -0.15) is 0 Å². The molecule has 2 aromatic heterocycles. The lowest BCUT2D eigenvalue weighted by Crippen LogP contribution is -2.28. The zero-order chi connectivity index (χ0) is 14.2. The Kier molecular flexibility index (Phi) is 3.52. The second-order valence-corrected chi connectivity index (χ2v) is 6.28. The fourth-order valence-electron chi connectivity index (χ4n) is 2.99. The molecule has 3 heterocycles. The number of aromatic nitrogens is 2. The molecule has 0 saturated carbocycles. The number of hydrogen-bond acceptors (Lipinski definition) is 3. The fourth-order valence-corrected chi connectivity index (χ4v) is 2.99. The van der Waals surface area contributed by atoms with Gasteiger partial charge in [-0.1, -0.05) is 6.07 Å². The molecule has 1 N–H and O–H groups in total. The van der Waals surface area contributed by atoms with Crippen molar-refractivity contribution in [3.05, 3.63) is 35.8 Å². The predicted molar refractivity (Wildman–Crippen MR) is 79.7 cm³/mol. The first-order chi connectivity index (χ1) is 9.53. The average molecular weight is 273 g/mol. The fraction of sp³-hybridized carbons (Fsp3) is 0.562. The van der Waals surface area contributed by atoms with E-state index in [1.807, 2.05) is 13.1 Å². The normalized spacial score (nSPS) is 24.9. The Morgan fingerprint density at radius 1 is 1.35 bits per heavy atom. The van der Waals surface area contributed by atoms with Crippen LogP contribution in [0, 0.1) is 6.92 Å². The van der Waals surface area contributed by atoms with E-state index in [9.17, 15) is 5.11 Å². The van der Waals surface area contributed by atoms with Crippen LogP contribution in [0.5, 0.6) is 0 Å². The lowest BCUT2D eigenvalue weighted by atomic mass is 9.98. The molecular formula is C16H23N3O. The van der Waals surface area contributed by atoms with E-state index in [-0.39, 0.29) is 0 Å². The van der Waals surface area contributed by atoms with Crippen molar-refractivity contribution < 1.29 is 5.11 Å². The van der Waals surface area contributed by atoms with Crippen molar-refractivity contribution in [1.82, 2.24) is 14.3 Å². The molecule has 0 bridgehead atoms. The van der Waals surface area contributed by atoms with Crippen LogP contribution in [-0.4, -0.2) is 38.1 Å². The highest BCUT2D eigenvalue weighted by Gasteiger charge is 2.25. The van der Waals surface area contributed by atoms with Crippen molar-refractivity contribution in [2.45, 2.75) is 45.3 Å². The molecule has 1 aliphatic heterocycles. The minimum atomic E-state index is -0.496. The summed E-state index contributed by atoms with van der Waals surface area (Å²) in [6.45, 7) is 6.90. The van der Waals surface area contributed by atoms with Gasteiger partial charge in [-0.05, 0) is 51.3 Å². The zero-order valence-corrected chi connectivity index (χ0v) is 12.3. The lowest BCUT2D eigenvalue weighted by Gasteiger charge is -2.21. The molecular weight excluding hydrogens is 250 g/mol. The molecule has 20 heavy (non-hydrogen) atoms. The van der Waals surface area contributed by atoms with Gasteiger partial charge in [-0.25, -0.2) is 4.98 Å². The predicted octanol–water partition coefficient (Wildman–Crippen LogP) is 2.38. The molecule has 0 amide bonds. The number of rotatable bonds is 2. The third-order valence-corrected chi connectivity index (χ3v) is 4.27. The Bertz CT molecular complexity index is 603. The van der Waals surface area contributed by atoms with Gasteiger partial charge in [0.1, 0.15) is 5.65 Å². The topological polar surface area (TPSA) is 40.8 Å². The molecule has 0 radical (unpaired) electrons. The van der Waals surface area contributed by atoms with Gasteiger partial charge >= 0.3 is 0 Å². The van der Waals surface area contributed by atoms with Gasteiger partial charge in [-0.3, -0.25) is 4.90 Å². The van der Waals surface area contributed by atoms with Gasteiger partial charge in [0.05, 0.1) is 11.3 Å². The number of pyridine rings is 1. The van der Waals surface area contributed by atoms with E-state index in [1.54, 1.807) is 0 Å². The standard InChI is InChI=1S/C16H23N3O/c1-13-5-3-9-19-12-14(17-15(13)19)11-18-8-4-6-16(2,20)7-10-18/h3,5,9,12,20H,4,6-8,10-11H2,1-2H3. The molecule has 1 atom stereocenters. The van der Waals surface area contributed by atoms with Crippen LogP contribution in [0.3, 0.4) is 0 Å². The van der Waals surface area contributed by atoms with Crippen molar-refractivity contribution in [3.8, 4) is 0 Å². The van der Waals surface area contributed by atoms with Gasteiger partial charge < -0.3 is 9.51 Å². The molecule has 1 saturated heterocycles. The van der Waals surface area contributed by atoms with E-state index in [1.165, 1.54) is 5.56 Å². The highest BCUT2D eigenvalue weighted by atomic mass is 16.3. The number of imidazole rings is 1. The van der Waals surface area contributed by atoms with Gasteiger partial charge in [-0.15, -0.1) is 0 Å². The summed E-state index contributed by atoms with van der Waals surface area (Å²) >= 11 is 0. The smallest absolute Gasteiger partial charge is 0.139 e. The molecule has 0 aromatic carbocycles. The molecule has 1 fully saturated rings. The minimum Gasteiger partial charge on any atom is -0.390 e. The van der Waals surface area contributed by atoms with E-state index in [0.29, 0.717) is 0 Å². The molecule has 4 heteroatoms. The maximum absolute atomic E-state index is 10.1. The molecule has 0 aliphatic carbocycles. The number of likely N-dealkylation sites (tertiary alicyclic amines) is 1. The van der Waals surface area contributed by atoms with Gasteiger partial charge in [0, 0.05) is 25.5 Å². The lowest BCUT2D eigenvalue weighted by molar-refractivity contribution is 0.0444. The number of hydrogen-bond donors (Lipinski definition) is 1. The third kappa shape index (κ3) is 2.86. The first-order valence-corrected chi connectivity index (χ1v) is 7.41. The number of aryl methyl sites for hydroxylation is 1. The van der Waals surface area contributed by atoms with Gasteiger partial charge in [0.25, 0.3) is 0 Å². The van der Waals surface area contributed by atoms with Crippen LogP contribution in [0.15, 0.2) is 24.5 Å². The molecule has 0 spiro atoms. The van der Waals surface area contributed by atoms with Crippen LogP contribution in [0.25, 0.3) is 5.65 Å². The van der Waals surface area contributed by atoms with Gasteiger partial charge in [0.2, 0.25) is 0 Å². The second-order valence-electron chi connectivity index (χ2n) is 6.28. The molecule has 108 valence electrons. The van der Waals surface area contributed by atoms with Crippen LogP contribution < -0.4 is 0 Å². The zero-order valence-electron chi connectivity index (χ0n) is 12.3. The Labute approximate surface area is 120 Å². The summed E-state index contributed by atoms with van der Waals surface area (Å²) < 4.78 is 2.10. The van der Waals surface area contributed by atoms with Crippen molar-refractivity contribution in [2.75, 3.05) is 13.1 Å². The summed E-state index contributed by atoms with van der Waals surface area (Å²) in [7, 11) is 0. The third-order valence-electron chi connectivity index (χ3n) is 4.27. The Balaban J connectivity index is 1.74. The Hall–Kier alpha value is -1.39. The summed E-state index contributed by atoms with van der Waals surface area (Å²) in [5, 5.41) is 10.1. The molecule has 1 aliphatic rings. The largest absolute Gasteiger partial charge is 0.390 e. The maximum Gasteiger partial charge on any atom is 0.139 e. The van der Waals surface area contributed by atoms with E-state index < -0.39 is 5.60 Å². The van der Waals surface area contributed by atoms with E-state index in [0.717, 1.165) is 50.2 Å². The number of nitrogens with zero attached hydrogens (tertiary/aromatic N) is 3. The summed E-state index contributed by atoms with van der Waals surface area (Å²) in [5.74, 6) is 0. The van der Waals surface area contributed by atoms with Crippen molar-refractivity contribution in [1.29, 1.82) is 0 Å². The monoisotopic (exact) mass is 273 g/mol. The molecule has 1 unspecified atom stereocenters. The van der Waals surface area contributed by atoms with Crippen LogP contribution in [0.2, 0.25) is 0 Å². The van der Waals surface area contributed by atoms with E-state index in [4.69, 9.17) is 4.98 Å². The number of fused-ring (bicyclic) bond motifs is 1. The second kappa shape index (κ2) is 5.19. The molecule has 3 rings (SSSR count). The Morgan fingerprint density at radius 3 is 3.00 bits per heavy atom. The summed E-state index contributed by atoms with van der Waals surface area (Å²) in [6.07, 6.45) is 6.96. The molecule has 2 aromatic rings.